The number of benzene rings is 1. The van der Waals surface area contributed by atoms with E-state index in [0.717, 1.165) is 65.8 Å². The third-order valence-corrected chi connectivity index (χ3v) is 6.59. The molecule has 2 aliphatic rings. The Balaban J connectivity index is 1.28. The van der Waals surface area contributed by atoms with Gasteiger partial charge in [-0.25, -0.2) is 9.97 Å². The number of para-hydroxylation sites is 1. The third-order valence-electron chi connectivity index (χ3n) is 5.91. The lowest BCUT2D eigenvalue weighted by atomic mass is 9.96. The summed E-state index contributed by atoms with van der Waals surface area (Å²) in [5.41, 5.74) is 2.07. The van der Waals surface area contributed by atoms with Gasteiger partial charge in [-0.1, -0.05) is 17.3 Å². The van der Waals surface area contributed by atoms with Gasteiger partial charge >= 0.3 is 0 Å². The Morgan fingerprint density at radius 2 is 1.79 bits per heavy atom. The zero-order valence-electron chi connectivity index (χ0n) is 16.0. The van der Waals surface area contributed by atoms with E-state index in [4.69, 9.17) is 14.5 Å². The second kappa shape index (κ2) is 6.91. The van der Waals surface area contributed by atoms with Gasteiger partial charge in [-0.3, -0.25) is 0 Å². The quantitative estimate of drug-likeness (QED) is 0.477. The summed E-state index contributed by atoms with van der Waals surface area (Å²) in [7, 11) is 0. The number of hydrogen-bond donors (Lipinski definition) is 0. The first-order valence-corrected chi connectivity index (χ1v) is 11.2. The van der Waals surface area contributed by atoms with Gasteiger partial charge in [0, 0.05) is 41.3 Å². The molecule has 1 saturated heterocycles. The SMILES string of the molecule is c1ccc2c(N3CCC(c4noc(C5CC5)n4)CC3)nc(-c3ccsc3)nc2c1. The van der Waals surface area contributed by atoms with Crippen LogP contribution in [0.1, 0.15) is 49.2 Å². The van der Waals surface area contributed by atoms with Gasteiger partial charge in [-0.2, -0.15) is 16.3 Å². The Labute approximate surface area is 172 Å². The molecule has 146 valence electrons. The number of anilines is 1. The molecule has 1 aliphatic heterocycles. The number of aromatic nitrogens is 4. The molecule has 0 amide bonds. The number of rotatable bonds is 4. The lowest BCUT2D eigenvalue weighted by Crippen LogP contribution is -2.34. The van der Waals surface area contributed by atoms with Crippen molar-refractivity contribution in [2.45, 2.75) is 37.5 Å². The molecule has 6 rings (SSSR count). The molecule has 3 aromatic heterocycles. The van der Waals surface area contributed by atoms with Gasteiger partial charge in [-0.05, 0) is 49.3 Å². The van der Waals surface area contributed by atoms with Crippen LogP contribution in [0.25, 0.3) is 22.3 Å². The minimum Gasteiger partial charge on any atom is -0.356 e. The van der Waals surface area contributed by atoms with Gasteiger partial charge in [0.15, 0.2) is 11.6 Å². The van der Waals surface area contributed by atoms with Crippen molar-refractivity contribution in [2.24, 2.45) is 0 Å². The van der Waals surface area contributed by atoms with Crippen molar-refractivity contribution in [2.75, 3.05) is 18.0 Å². The number of nitrogens with zero attached hydrogens (tertiary/aromatic N) is 5. The third kappa shape index (κ3) is 3.19. The predicted molar refractivity (Wildman–Crippen MR) is 113 cm³/mol. The first kappa shape index (κ1) is 17.1. The molecule has 4 aromatic rings. The highest BCUT2D eigenvalue weighted by Crippen LogP contribution is 2.40. The minimum atomic E-state index is 0.368. The summed E-state index contributed by atoms with van der Waals surface area (Å²) in [6.07, 6.45) is 4.40. The van der Waals surface area contributed by atoms with Gasteiger partial charge in [0.2, 0.25) is 5.89 Å². The maximum absolute atomic E-state index is 5.47. The monoisotopic (exact) mass is 403 g/mol. The summed E-state index contributed by atoms with van der Waals surface area (Å²) in [4.78, 5) is 16.8. The predicted octanol–water partition coefficient (Wildman–Crippen LogP) is 5.00. The molecule has 6 nitrogen and oxygen atoms in total. The summed E-state index contributed by atoms with van der Waals surface area (Å²) >= 11 is 1.67. The minimum absolute atomic E-state index is 0.368. The van der Waals surface area contributed by atoms with Gasteiger partial charge in [0.05, 0.1) is 5.52 Å². The van der Waals surface area contributed by atoms with E-state index in [9.17, 15) is 0 Å². The molecular formula is C22H21N5OS. The van der Waals surface area contributed by atoms with E-state index in [1.807, 2.05) is 6.07 Å². The zero-order chi connectivity index (χ0) is 19.2. The molecule has 1 aromatic carbocycles. The average molecular weight is 404 g/mol. The van der Waals surface area contributed by atoms with Gasteiger partial charge < -0.3 is 9.42 Å². The highest BCUT2D eigenvalue weighted by Gasteiger charge is 2.32. The van der Waals surface area contributed by atoms with Crippen LogP contribution in [0.3, 0.4) is 0 Å². The molecule has 4 heterocycles. The Morgan fingerprint density at radius 3 is 2.59 bits per heavy atom. The van der Waals surface area contributed by atoms with Crippen LogP contribution in [0.2, 0.25) is 0 Å². The van der Waals surface area contributed by atoms with E-state index < -0.39 is 0 Å². The van der Waals surface area contributed by atoms with Crippen molar-refractivity contribution in [1.29, 1.82) is 0 Å². The molecular weight excluding hydrogens is 382 g/mol. The molecule has 1 aliphatic carbocycles. The van der Waals surface area contributed by atoms with Crippen molar-refractivity contribution in [3.05, 3.63) is 52.8 Å². The molecule has 7 heteroatoms. The van der Waals surface area contributed by atoms with E-state index in [1.54, 1.807) is 11.3 Å². The molecule has 1 saturated carbocycles. The van der Waals surface area contributed by atoms with Crippen molar-refractivity contribution in [3.8, 4) is 11.4 Å². The summed E-state index contributed by atoms with van der Waals surface area (Å²) in [6.45, 7) is 1.87. The summed E-state index contributed by atoms with van der Waals surface area (Å²) in [5, 5.41) is 9.55. The average Bonchev–Trinajstić information content (AvgIpc) is 3.27. The van der Waals surface area contributed by atoms with E-state index >= 15 is 0 Å². The lowest BCUT2D eigenvalue weighted by molar-refractivity contribution is 0.365. The summed E-state index contributed by atoms with van der Waals surface area (Å²) in [6, 6.07) is 10.4. The molecule has 0 atom stereocenters. The van der Waals surface area contributed by atoms with Gasteiger partial charge in [0.1, 0.15) is 5.82 Å². The number of hydrogen-bond acceptors (Lipinski definition) is 7. The van der Waals surface area contributed by atoms with Crippen molar-refractivity contribution in [3.63, 3.8) is 0 Å². The summed E-state index contributed by atoms with van der Waals surface area (Å²) in [5.74, 6) is 4.44. The lowest BCUT2D eigenvalue weighted by Gasteiger charge is -2.32. The fourth-order valence-electron chi connectivity index (χ4n) is 4.08. The van der Waals surface area contributed by atoms with Crippen LogP contribution in [0.5, 0.6) is 0 Å². The maximum atomic E-state index is 5.47. The van der Waals surface area contributed by atoms with Crippen LogP contribution in [0, 0.1) is 0 Å². The summed E-state index contributed by atoms with van der Waals surface area (Å²) < 4.78 is 5.47. The number of thiophene rings is 1. The van der Waals surface area contributed by atoms with Crippen LogP contribution < -0.4 is 4.90 Å². The standard InChI is InChI=1S/C22H21N5OS/c1-2-4-18-17(3-1)21(24-19(23-18)16-9-12-29-13-16)27-10-7-14(8-11-27)20-25-22(28-26-20)15-5-6-15/h1-4,9,12-15H,5-8,10-11H2. The highest BCUT2D eigenvalue weighted by atomic mass is 32.1. The van der Waals surface area contributed by atoms with Crippen LogP contribution in [0.15, 0.2) is 45.6 Å². The first-order chi connectivity index (χ1) is 14.3. The molecule has 0 unspecified atom stereocenters. The van der Waals surface area contributed by atoms with Gasteiger partial charge in [0.25, 0.3) is 0 Å². The largest absolute Gasteiger partial charge is 0.356 e. The second-order valence-corrected chi connectivity index (χ2v) is 8.71. The van der Waals surface area contributed by atoms with Crippen molar-refractivity contribution >= 4 is 28.1 Å². The zero-order valence-corrected chi connectivity index (χ0v) is 16.8. The Morgan fingerprint density at radius 1 is 0.931 bits per heavy atom. The fourth-order valence-corrected chi connectivity index (χ4v) is 4.71. The van der Waals surface area contributed by atoms with E-state index in [1.165, 1.54) is 12.8 Å². The smallest absolute Gasteiger partial charge is 0.229 e. The first-order valence-electron chi connectivity index (χ1n) is 10.2. The Kier molecular flexibility index (Phi) is 4.08. The molecule has 0 radical (unpaired) electrons. The van der Waals surface area contributed by atoms with Crippen LogP contribution in [-0.2, 0) is 0 Å². The Bertz CT molecular complexity index is 1140. The molecule has 2 fully saturated rings. The van der Waals surface area contributed by atoms with E-state index in [0.29, 0.717) is 11.8 Å². The number of fused-ring (bicyclic) bond motifs is 1. The fraction of sp³-hybridized carbons (Fsp3) is 0.364. The van der Waals surface area contributed by atoms with Crippen LogP contribution in [-0.4, -0.2) is 33.2 Å². The molecule has 0 spiro atoms. The Hall–Kier alpha value is -2.80. The van der Waals surface area contributed by atoms with Gasteiger partial charge in [-0.15, -0.1) is 0 Å². The molecule has 0 bridgehead atoms. The van der Waals surface area contributed by atoms with Crippen LogP contribution in [0.4, 0.5) is 5.82 Å². The topological polar surface area (TPSA) is 67.9 Å². The second-order valence-electron chi connectivity index (χ2n) is 7.93. The van der Waals surface area contributed by atoms with E-state index in [-0.39, 0.29) is 0 Å². The van der Waals surface area contributed by atoms with Crippen molar-refractivity contribution < 1.29 is 4.52 Å². The number of piperidine rings is 1. The molecule has 0 N–H and O–H groups in total. The molecule has 29 heavy (non-hydrogen) atoms. The normalized spacial score (nSPS) is 17.9. The highest BCUT2D eigenvalue weighted by molar-refractivity contribution is 7.08. The van der Waals surface area contributed by atoms with E-state index in [2.05, 4.69) is 50.1 Å². The van der Waals surface area contributed by atoms with Crippen molar-refractivity contribution in [1.82, 2.24) is 20.1 Å². The van der Waals surface area contributed by atoms with Crippen LogP contribution >= 0.6 is 11.3 Å². The maximum Gasteiger partial charge on any atom is 0.229 e.